The fourth-order valence-electron chi connectivity index (χ4n) is 2.81. The molecular formula is C15H23NO. The van der Waals surface area contributed by atoms with Crippen LogP contribution >= 0.6 is 0 Å². The van der Waals surface area contributed by atoms with Gasteiger partial charge in [-0.15, -0.1) is 0 Å². The maximum Gasteiger partial charge on any atom is 0.182 e. The highest BCUT2D eigenvalue weighted by Crippen LogP contribution is 2.45. The van der Waals surface area contributed by atoms with E-state index in [1.54, 1.807) is 0 Å². The van der Waals surface area contributed by atoms with Gasteiger partial charge in [-0.25, -0.2) is 0 Å². The lowest BCUT2D eigenvalue weighted by Gasteiger charge is -2.43. The third kappa shape index (κ3) is 2.22. The van der Waals surface area contributed by atoms with Gasteiger partial charge in [-0.05, 0) is 24.7 Å². The molecule has 1 fully saturated rings. The number of hydrogen-bond acceptors (Lipinski definition) is 2. The molecular weight excluding hydrogens is 210 g/mol. The molecule has 0 saturated heterocycles. The summed E-state index contributed by atoms with van der Waals surface area (Å²) >= 11 is 0. The Morgan fingerprint density at radius 1 is 1.47 bits per heavy atom. The second kappa shape index (κ2) is 3.79. The van der Waals surface area contributed by atoms with Crippen LogP contribution in [-0.4, -0.2) is 18.0 Å². The van der Waals surface area contributed by atoms with Crippen molar-refractivity contribution in [3.05, 3.63) is 12.2 Å². The first-order valence-electron chi connectivity index (χ1n) is 6.50. The van der Waals surface area contributed by atoms with Crippen molar-refractivity contribution in [2.75, 3.05) is 6.54 Å². The highest BCUT2D eigenvalue weighted by molar-refractivity contribution is 6.42. The lowest BCUT2D eigenvalue weighted by atomic mass is 9.64. The lowest BCUT2D eigenvalue weighted by Crippen LogP contribution is -2.44. The molecule has 1 aliphatic carbocycles. The van der Waals surface area contributed by atoms with Crippen LogP contribution in [0.15, 0.2) is 17.1 Å². The molecule has 2 nitrogen and oxygen atoms in total. The minimum Gasteiger partial charge on any atom is -0.292 e. The average molecular weight is 233 g/mol. The molecule has 1 saturated carbocycles. The number of allylic oxidation sites excluding steroid dienone is 1. The first-order chi connectivity index (χ1) is 7.73. The average Bonchev–Trinajstić information content (AvgIpc) is 2.22. The molecule has 2 aliphatic rings. The number of nitrogens with zero attached hydrogens (tertiary/aromatic N) is 1. The van der Waals surface area contributed by atoms with Crippen molar-refractivity contribution in [3.8, 4) is 0 Å². The molecule has 0 amide bonds. The van der Waals surface area contributed by atoms with Crippen molar-refractivity contribution >= 4 is 11.5 Å². The Bertz CT molecular complexity index is 400. The molecule has 0 radical (unpaired) electrons. The number of aliphatic imine (C=N–C) groups is 1. The van der Waals surface area contributed by atoms with E-state index in [1.807, 2.05) is 20.8 Å². The molecule has 2 atom stereocenters. The summed E-state index contributed by atoms with van der Waals surface area (Å²) in [7, 11) is 0. The van der Waals surface area contributed by atoms with E-state index in [1.165, 1.54) is 12.0 Å². The quantitative estimate of drug-likeness (QED) is 0.638. The van der Waals surface area contributed by atoms with Gasteiger partial charge in [0.05, 0.1) is 5.71 Å². The maximum atomic E-state index is 12.4. The van der Waals surface area contributed by atoms with Crippen LogP contribution in [0.3, 0.4) is 0 Å². The molecule has 0 spiro atoms. The molecule has 1 aliphatic heterocycles. The van der Waals surface area contributed by atoms with Crippen LogP contribution in [0.1, 0.15) is 47.0 Å². The number of carbonyl (C=O) groups excluding carboxylic acids is 1. The van der Waals surface area contributed by atoms with Crippen LogP contribution in [0.2, 0.25) is 0 Å². The normalized spacial score (nSPS) is 33.3. The molecule has 0 aromatic carbocycles. The van der Waals surface area contributed by atoms with Gasteiger partial charge in [-0.3, -0.25) is 9.79 Å². The van der Waals surface area contributed by atoms with Gasteiger partial charge >= 0.3 is 0 Å². The van der Waals surface area contributed by atoms with E-state index in [9.17, 15) is 4.79 Å². The van der Waals surface area contributed by atoms with Gasteiger partial charge in [0.1, 0.15) is 0 Å². The molecule has 0 aromatic heterocycles. The number of rotatable bonds is 1. The Kier molecular flexibility index (Phi) is 2.80. The standard InChI is InChI=1S/C15H23NO/c1-10-6-7-15(5)8-11(10)12(16-9-15)13(17)14(2,3)4/h11H,1,6-9H2,2-5H3. The predicted molar refractivity (Wildman–Crippen MR) is 71.4 cm³/mol. The summed E-state index contributed by atoms with van der Waals surface area (Å²) in [6.45, 7) is 13.2. The van der Waals surface area contributed by atoms with Crippen LogP contribution in [0.5, 0.6) is 0 Å². The molecule has 1 heterocycles. The minimum atomic E-state index is -0.329. The molecule has 2 unspecified atom stereocenters. The number of carbonyl (C=O) groups is 1. The van der Waals surface area contributed by atoms with Crippen molar-refractivity contribution in [2.24, 2.45) is 21.7 Å². The fraction of sp³-hybridized carbons (Fsp3) is 0.733. The first-order valence-corrected chi connectivity index (χ1v) is 6.50. The number of ketones is 1. The summed E-state index contributed by atoms with van der Waals surface area (Å²) in [5.41, 5.74) is 1.97. The molecule has 0 aromatic rings. The fourth-order valence-corrected chi connectivity index (χ4v) is 2.81. The summed E-state index contributed by atoms with van der Waals surface area (Å²) in [4.78, 5) is 17.0. The zero-order chi connectivity index (χ0) is 12.8. The summed E-state index contributed by atoms with van der Waals surface area (Å²) in [6, 6.07) is 0. The Morgan fingerprint density at radius 2 is 2.12 bits per heavy atom. The van der Waals surface area contributed by atoms with Crippen molar-refractivity contribution in [2.45, 2.75) is 47.0 Å². The van der Waals surface area contributed by atoms with Gasteiger partial charge in [-0.1, -0.05) is 39.8 Å². The third-order valence-corrected chi connectivity index (χ3v) is 4.11. The largest absolute Gasteiger partial charge is 0.292 e. The summed E-state index contributed by atoms with van der Waals surface area (Å²) in [6.07, 6.45) is 3.28. The Balaban J connectivity index is 2.33. The maximum absolute atomic E-state index is 12.4. The topological polar surface area (TPSA) is 29.4 Å². The zero-order valence-corrected chi connectivity index (χ0v) is 11.5. The van der Waals surface area contributed by atoms with Crippen LogP contribution in [0.25, 0.3) is 0 Å². The third-order valence-electron chi connectivity index (χ3n) is 4.11. The highest BCUT2D eigenvalue weighted by atomic mass is 16.1. The summed E-state index contributed by atoms with van der Waals surface area (Å²) in [5.74, 6) is 0.418. The molecule has 17 heavy (non-hydrogen) atoms. The van der Waals surface area contributed by atoms with Gasteiger partial charge in [0.2, 0.25) is 0 Å². The van der Waals surface area contributed by atoms with Crippen LogP contribution < -0.4 is 0 Å². The minimum absolute atomic E-state index is 0.201. The monoisotopic (exact) mass is 233 g/mol. The predicted octanol–water partition coefficient (Wildman–Crippen LogP) is 3.42. The van der Waals surface area contributed by atoms with Gasteiger partial charge in [0.15, 0.2) is 5.78 Å². The zero-order valence-electron chi connectivity index (χ0n) is 11.5. The Morgan fingerprint density at radius 3 is 2.71 bits per heavy atom. The second-order valence-electron chi connectivity index (χ2n) is 7.01. The van der Waals surface area contributed by atoms with E-state index in [-0.39, 0.29) is 17.1 Å². The smallest absolute Gasteiger partial charge is 0.182 e. The summed E-state index contributed by atoms with van der Waals surface area (Å²) in [5, 5.41) is 0. The van der Waals surface area contributed by atoms with Crippen molar-refractivity contribution in [3.63, 3.8) is 0 Å². The van der Waals surface area contributed by atoms with E-state index >= 15 is 0 Å². The van der Waals surface area contributed by atoms with E-state index in [0.29, 0.717) is 5.41 Å². The van der Waals surface area contributed by atoms with Gasteiger partial charge in [0, 0.05) is 17.9 Å². The van der Waals surface area contributed by atoms with Crippen molar-refractivity contribution < 1.29 is 4.79 Å². The van der Waals surface area contributed by atoms with Gasteiger partial charge in [-0.2, -0.15) is 0 Å². The molecule has 2 bridgehead atoms. The Hall–Kier alpha value is -0.920. The molecule has 2 heteroatoms. The molecule has 2 rings (SSSR count). The lowest BCUT2D eigenvalue weighted by molar-refractivity contribution is -0.120. The highest BCUT2D eigenvalue weighted by Gasteiger charge is 2.43. The second-order valence-corrected chi connectivity index (χ2v) is 7.01. The number of hydrogen-bond donors (Lipinski definition) is 0. The Labute approximate surface area is 104 Å². The van der Waals surface area contributed by atoms with Crippen molar-refractivity contribution in [1.29, 1.82) is 0 Å². The van der Waals surface area contributed by atoms with Crippen LogP contribution in [0, 0.1) is 16.7 Å². The van der Waals surface area contributed by atoms with Gasteiger partial charge < -0.3 is 0 Å². The van der Waals surface area contributed by atoms with Gasteiger partial charge in [0.25, 0.3) is 0 Å². The number of Topliss-reactive ketones (excluding diaryl/α,β-unsaturated/α-hetero) is 1. The SMILES string of the molecule is C=C1CCC2(C)CN=C(C(=O)C(C)(C)C)C1C2. The van der Waals surface area contributed by atoms with E-state index < -0.39 is 0 Å². The van der Waals surface area contributed by atoms with Crippen molar-refractivity contribution in [1.82, 2.24) is 0 Å². The van der Waals surface area contributed by atoms with Crippen LogP contribution in [-0.2, 0) is 4.79 Å². The summed E-state index contributed by atoms with van der Waals surface area (Å²) < 4.78 is 0. The van der Waals surface area contributed by atoms with E-state index in [2.05, 4.69) is 18.5 Å². The van der Waals surface area contributed by atoms with Crippen LogP contribution in [0.4, 0.5) is 0 Å². The van der Waals surface area contributed by atoms with E-state index in [0.717, 1.165) is 25.1 Å². The number of fused-ring (bicyclic) bond motifs is 2. The van der Waals surface area contributed by atoms with E-state index in [4.69, 9.17) is 0 Å². The molecule has 0 N–H and O–H groups in total. The molecule has 94 valence electrons. The first kappa shape index (κ1) is 12.5.